The second kappa shape index (κ2) is 5.74. The third-order valence-electron chi connectivity index (χ3n) is 3.57. The van der Waals surface area contributed by atoms with Crippen LogP contribution in [-0.2, 0) is 9.47 Å². The van der Waals surface area contributed by atoms with Crippen LogP contribution in [0.3, 0.4) is 0 Å². The average molecular weight is 261 g/mol. The monoisotopic (exact) mass is 261 g/mol. The predicted octanol–water partition coefficient (Wildman–Crippen LogP) is 3.63. The molecule has 0 radical (unpaired) electrons. The van der Waals surface area contributed by atoms with Gasteiger partial charge in [-0.1, -0.05) is 18.6 Å². The Morgan fingerprint density at radius 3 is 2.84 bits per heavy atom. The molecule has 0 aromatic rings. The van der Waals surface area contributed by atoms with Gasteiger partial charge in [0.15, 0.2) is 0 Å². The predicted molar refractivity (Wildman–Crippen MR) is 78.1 cm³/mol. The van der Waals surface area contributed by atoms with Crippen LogP contribution in [-0.4, -0.2) is 25.2 Å². The molecule has 0 saturated heterocycles. The third kappa shape index (κ3) is 3.16. The van der Waals surface area contributed by atoms with Crippen molar-refractivity contribution in [3.8, 4) is 0 Å². The van der Waals surface area contributed by atoms with Crippen LogP contribution in [0.2, 0.25) is 0 Å². The summed E-state index contributed by atoms with van der Waals surface area (Å²) in [6.07, 6.45) is 7.14. The second-order valence-electron chi connectivity index (χ2n) is 5.23. The van der Waals surface area contributed by atoms with Crippen molar-refractivity contribution in [2.75, 3.05) is 0 Å². The first-order valence-electron chi connectivity index (χ1n) is 6.91. The van der Waals surface area contributed by atoms with Gasteiger partial charge in [0, 0.05) is 5.92 Å². The van der Waals surface area contributed by atoms with Crippen molar-refractivity contribution in [2.24, 2.45) is 10.9 Å². The summed E-state index contributed by atoms with van der Waals surface area (Å²) in [6, 6.07) is 0.205. The molecule has 0 spiro atoms. The summed E-state index contributed by atoms with van der Waals surface area (Å²) in [7, 11) is 0. The van der Waals surface area contributed by atoms with Gasteiger partial charge in [0.25, 0.3) is 0 Å². The third-order valence-corrected chi connectivity index (χ3v) is 3.57. The molecule has 0 amide bonds. The van der Waals surface area contributed by atoms with Crippen molar-refractivity contribution in [2.45, 2.75) is 52.6 Å². The minimum Gasteiger partial charge on any atom is -0.466 e. The summed E-state index contributed by atoms with van der Waals surface area (Å²) >= 11 is 0. The van der Waals surface area contributed by atoms with Crippen LogP contribution in [0.5, 0.6) is 0 Å². The minimum absolute atomic E-state index is 0.0928. The zero-order valence-corrected chi connectivity index (χ0v) is 12.2. The summed E-state index contributed by atoms with van der Waals surface area (Å²) in [5.74, 6) is 1.31. The lowest BCUT2D eigenvalue weighted by Gasteiger charge is -2.25. The Hall–Kier alpha value is -1.35. The standard InChI is InChI=1S/C16H23NO2/c1-6-7-10(2)15-13(16(15)17-5)9-14-18-11(3)8-12(4)19-14/h7-9,11,14-16H,5-6H2,1-4H3/b10-7+,13-9-. The van der Waals surface area contributed by atoms with Crippen LogP contribution in [0.4, 0.5) is 0 Å². The summed E-state index contributed by atoms with van der Waals surface area (Å²) in [4.78, 5) is 4.18. The molecule has 0 bridgehead atoms. The van der Waals surface area contributed by atoms with Gasteiger partial charge in [-0.05, 0) is 51.6 Å². The molecule has 0 aromatic heterocycles. The highest BCUT2D eigenvalue weighted by atomic mass is 16.7. The first-order chi connectivity index (χ1) is 9.06. The molecule has 1 fully saturated rings. The SMILES string of the molecule is C=NC1/C(=C\C2OC(C)=CC(C)O2)C1/C(C)=C/CC. The zero-order chi connectivity index (χ0) is 14.0. The Labute approximate surface area is 115 Å². The first-order valence-corrected chi connectivity index (χ1v) is 6.91. The fourth-order valence-corrected chi connectivity index (χ4v) is 2.70. The highest BCUT2D eigenvalue weighted by Crippen LogP contribution is 2.47. The molecule has 1 saturated carbocycles. The Kier molecular flexibility index (Phi) is 4.25. The number of nitrogens with zero attached hydrogens (tertiary/aromatic N) is 1. The molecule has 1 aliphatic heterocycles. The molecule has 0 N–H and O–H groups in total. The second-order valence-corrected chi connectivity index (χ2v) is 5.23. The van der Waals surface area contributed by atoms with E-state index in [1.807, 2.05) is 19.9 Å². The number of hydrogen-bond donors (Lipinski definition) is 0. The Bertz CT molecular complexity index is 448. The van der Waals surface area contributed by atoms with Crippen LogP contribution in [0.1, 0.15) is 34.1 Å². The lowest BCUT2D eigenvalue weighted by atomic mass is 10.1. The van der Waals surface area contributed by atoms with E-state index in [9.17, 15) is 0 Å². The van der Waals surface area contributed by atoms with Gasteiger partial charge in [-0.15, -0.1) is 0 Å². The summed E-state index contributed by atoms with van der Waals surface area (Å²) in [5, 5.41) is 0. The van der Waals surface area contributed by atoms with Crippen LogP contribution in [0.25, 0.3) is 0 Å². The van der Waals surface area contributed by atoms with Crippen molar-refractivity contribution < 1.29 is 9.47 Å². The van der Waals surface area contributed by atoms with E-state index in [1.54, 1.807) is 0 Å². The molecule has 2 aliphatic rings. The topological polar surface area (TPSA) is 30.8 Å². The smallest absolute Gasteiger partial charge is 0.220 e. The van der Waals surface area contributed by atoms with E-state index in [1.165, 1.54) is 11.1 Å². The number of rotatable bonds is 4. The Balaban J connectivity index is 2.10. The Morgan fingerprint density at radius 1 is 1.53 bits per heavy atom. The maximum absolute atomic E-state index is 5.73. The molecule has 19 heavy (non-hydrogen) atoms. The molecule has 1 heterocycles. The summed E-state index contributed by atoms with van der Waals surface area (Å²) < 4.78 is 11.4. The Morgan fingerprint density at radius 2 is 2.26 bits per heavy atom. The number of aliphatic imine (C=N–C) groups is 1. The van der Waals surface area contributed by atoms with Crippen molar-refractivity contribution in [1.82, 2.24) is 0 Å². The maximum atomic E-state index is 5.73. The quantitative estimate of drug-likeness (QED) is 0.571. The lowest BCUT2D eigenvalue weighted by Crippen LogP contribution is -2.24. The number of allylic oxidation sites excluding steroid dienone is 2. The van der Waals surface area contributed by atoms with Gasteiger partial charge >= 0.3 is 0 Å². The average Bonchev–Trinajstić information content (AvgIpc) is 3.01. The molecule has 104 valence electrons. The van der Waals surface area contributed by atoms with Crippen LogP contribution >= 0.6 is 0 Å². The van der Waals surface area contributed by atoms with E-state index in [0.29, 0.717) is 5.92 Å². The fraction of sp³-hybridized carbons (Fsp3) is 0.562. The maximum Gasteiger partial charge on any atom is 0.220 e. The van der Waals surface area contributed by atoms with Crippen molar-refractivity contribution in [1.29, 1.82) is 0 Å². The summed E-state index contributed by atoms with van der Waals surface area (Å²) in [5.41, 5.74) is 2.63. The van der Waals surface area contributed by atoms with Gasteiger partial charge in [-0.25, -0.2) is 0 Å². The van der Waals surface area contributed by atoms with Crippen LogP contribution in [0.15, 0.2) is 40.1 Å². The van der Waals surface area contributed by atoms with Crippen LogP contribution < -0.4 is 0 Å². The van der Waals surface area contributed by atoms with Crippen LogP contribution in [0, 0.1) is 5.92 Å². The van der Waals surface area contributed by atoms with Crippen molar-refractivity contribution in [3.05, 3.63) is 35.1 Å². The van der Waals surface area contributed by atoms with Gasteiger partial charge < -0.3 is 9.47 Å². The molecule has 4 atom stereocenters. The van der Waals surface area contributed by atoms with Gasteiger partial charge in [0.1, 0.15) is 0 Å². The molecule has 2 rings (SSSR count). The lowest BCUT2D eigenvalue weighted by molar-refractivity contribution is -0.119. The largest absolute Gasteiger partial charge is 0.466 e. The highest BCUT2D eigenvalue weighted by Gasteiger charge is 2.45. The zero-order valence-electron chi connectivity index (χ0n) is 12.2. The van der Waals surface area contributed by atoms with E-state index in [4.69, 9.17) is 9.47 Å². The molecule has 3 nitrogen and oxygen atoms in total. The molecular formula is C16H23NO2. The molecule has 1 aliphatic carbocycles. The van der Waals surface area contributed by atoms with Gasteiger partial charge in [-0.3, -0.25) is 4.99 Å². The fourth-order valence-electron chi connectivity index (χ4n) is 2.70. The van der Waals surface area contributed by atoms with E-state index in [2.05, 4.69) is 37.7 Å². The van der Waals surface area contributed by atoms with Gasteiger partial charge in [-0.2, -0.15) is 0 Å². The molecule has 3 heteroatoms. The van der Waals surface area contributed by atoms with Crippen molar-refractivity contribution in [3.63, 3.8) is 0 Å². The van der Waals surface area contributed by atoms with E-state index < -0.39 is 0 Å². The first kappa shape index (κ1) is 14.1. The van der Waals surface area contributed by atoms with Crippen molar-refractivity contribution >= 4 is 6.72 Å². The summed E-state index contributed by atoms with van der Waals surface area (Å²) in [6.45, 7) is 12.0. The van der Waals surface area contributed by atoms with E-state index in [0.717, 1.165) is 12.2 Å². The van der Waals surface area contributed by atoms with E-state index in [-0.39, 0.29) is 18.4 Å². The normalized spacial score (nSPS) is 36.7. The number of hydrogen-bond acceptors (Lipinski definition) is 3. The molecule has 0 aromatic carbocycles. The highest BCUT2D eigenvalue weighted by molar-refractivity contribution is 5.47. The molecule has 4 unspecified atom stereocenters. The van der Waals surface area contributed by atoms with Gasteiger partial charge in [0.05, 0.1) is 17.9 Å². The van der Waals surface area contributed by atoms with E-state index >= 15 is 0 Å². The molecular weight excluding hydrogens is 238 g/mol. The van der Waals surface area contributed by atoms with Gasteiger partial charge in [0.2, 0.25) is 6.29 Å². The number of ether oxygens (including phenoxy) is 2. The minimum atomic E-state index is -0.293.